The predicted octanol–water partition coefficient (Wildman–Crippen LogP) is 4.99. The minimum atomic E-state index is -1.72. The summed E-state index contributed by atoms with van der Waals surface area (Å²) in [6.45, 7) is 6.37. The molecule has 0 unspecified atom stereocenters. The number of carbonyl (C=O) groups excluding carboxylic acids is 2. The summed E-state index contributed by atoms with van der Waals surface area (Å²) in [6.07, 6.45) is -1.90. The van der Waals surface area contributed by atoms with Crippen LogP contribution in [0, 0.1) is 10.1 Å². The Bertz CT molecular complexity index is 1930. The van der Waals surface area contributed by atoms with Crippen LogP contribution in [0.5, 0.6) is 6.01 Å². The Labute approximate surface area is 285 Å². The molecule has 5 aromatic rings. The van der Waals surface area contributed by atoms with Gasteiger partial charge in [-0.05, 0) is 47.9 Å². The van der Waals surface area contributed by atoms with Gasteiger partial charge in [0.2, 0.25) is 5.82 Å². The van der Waals surface area contributed by atoms with Crippen LogP contribution in [0.4, 0.5) is 4.79 Å². The zero-order valence-corrected chi connectivity index (χ0v) is 27.7. The van der Waals surface area contributed by atoms with Crippen molar-refractivity contribution in [1.29, 1.82) is 0 Å². The highest BCUT2D eigenvalue weighted by molar-refractivity contribution is 6.02. The summed E-state index contributed by atoms with van der Waals surface area (Å²) in [5.41, 5.74) is 4.77. The molecule has 0 amide bonds. The smallest absolute Gasteiger partial charge is 0.465 e. The van der Waals surface area contributed by atoms with Crippen molar-refractivity contribution in [1.82, 2.24) is 30.2 Å². The number of esters is 1. The molecule has 17 heteroatoms. The van der Waals surface area contributed by atoms with E-state index in [1.54, 1.807) is 22.8 Å². The van der Waals surface area contributed by atoms with Gasteiger partial charge >= 0.3 is 12.1 Å². The first kappa shape index (κ1) is 35.2. The molecule has 3 aromatic carbocycles. The first-order valence-electron chi connectivity index (χ1n) is 15.6. The van der Waals surface area contributed by atoms with Crippen LogP contribution < -0.4 is 4.74 Å². The number of carbonyl (C=O) groups is 2. The van der Waals surface area contributed by atoms with E-state index in [1.807, 2.05) is 55.5 Å². The van der Waals surface area contributed by atoms with E-state index in [4.69, 9.17) is 23.7 Å². The highest BCUT2D eigenvalue weighted by Gasteiger charge is 2.31. The average molecular weight is 690 g/mol. The minimum absolute atomic E-state index is 0.0643. The van der Waals surface area contributed by atoms with Crippen molar-refractivity contribution in [2.24, 2.45) is 0 Å². The summed E-state index contributed by atoms with van der Waals surface area (Å²) in [6, 6.07) is 21.0. The van der Waals surface area contributed by atoms with Crippen LogP contribution in [-0.4, -0.2) is 85.7 Å². The van der Waals surface area contributed by atoms with Crippen molar-refractivity contribution < 1.29 is 43.2 Å². The number of nitrogens with zero attached hydrogens (tertiary/aromatic N) is 6. The van der Waals surface area contributed by atoms with Crippen molar-refractivity contribution in [3.05, 3.63) is 88.0 Å². The summed E-state index contributed by atoms with van der Waals surface area (Å²) in [4.78, 5) is 45.2. The Morgan fingerprint density at radius 1 is 1.00 bits per heavy atom. The molecule has 0 saturated carbocycles. The molecular formula is C33H35N7O10. The number of hydrogen-bond acceptors (Lipinski definition) is 14. The Morgan fingerprint density at radius 2 is 1.76 bits per heavy atom. The van der Waals surface area contributed by atoms with Crippen LogP contribution in [0.25, 0.3) is 33.5 Å². The lowest BCUT2D eigenvalue weighted by atomic mass is 9.98. The zero-order chi connectivity index (χ0) is 35.7. The molecule has 1 N–H and O–H groups in total. The SMILES string of the molecule is CCOc1nc2cccc(C(=O)OC(C)(C)OC(=O)OCCOC[C@@H](C)O[N+](=O)[O-])c2n1Cc1ccc(-c2ccccc2-c2nn[nH]n2)cc1. The fraction of sp³-hybridized carbons (Fsp3) is 0.333. The van der Waals surface area contributed by atoms with E-state index in [2.05, 4.69) is 30.4 Å². The van der Waals surface area contributed by atoms with Gasteiger partial charge in [-0.15, -0.1) is 20.3 Å². The van der Waals surface area contributed by atoms with E-state index in [-0.39, 0.29) is 25.4 Å². The molecule has 5 rings (SSSR count). The van der Waals surface area contributed by atoms with Gasteiger partial charge in [0.25, 0.3) is 16.9 Å². The van der Waals surface area contributed by atoms with Crippen LogP contribution >= 0.6 is 0 Å². The molecule has 0 radical (unpaired) electrons. The largest absolute Gasteiger partial charge is 0.511 e. The van der Waals surface area contributed by atoms with Crippen LogP contribution in [0.15, 0.2) is 66.7 Å². The summed E-state index contributed by atoms with van der Waals surface area (Å²) < 4.78 is 28.7. The molecule has 1 atom stereocenters. The maximum Gasteiger partial charge on any atom is 0.511 e. The number of ether oxygens (including phenoxy) is 5. The van der Waals surface area contributed by atoms with E-state index in [9.17, 15) is 19.7 Å². The molecule has 0 saturated heterocycles. The van der Waals surface area contributed by atoms with Crippen molar-refractivity contribution >= 4 is 23.2 Å². The van der Waals surface area contributed by atoms with E-state index < -0.39 is 29.1 Å². The quantitative estimate of drug-likeness (QED) is 0.0477. The fourth-order valence-corrected chi connectivity index (χ4v) is 5.03. The van der Waals surface area contributed by atoms with Crippen LogP contribution in [0.1, 0.15) is 43.6 Å². The fourth-order valence-electron chi connectivity index (χ4n) is 5.03. The van der Waals surface area contributed by atoms with Gasteiger partial charge in [-0.1, -0.05) is 54.6 Å². The lowest BCUT2D eigenvalue weighted by Crippen LogP contribution is -2.34. The monoisotopic (exact) mass is 689 g/mol. The normalized spacial score (nSPS) is 11.9. The molecule has 0 spiro atoms. The molecule has 0 aliphatic rings. The molecule has 0 aliphatic carbocycles. The topological polar surface area (TPSA) is 205 Å². The second-order valence-corrected chi connectivity index (χ2v) is 11.3. The Kier molecular flexibility index (Phi) is 11.2. The summed E-state index contributed by atoms with van der Waals surface area (Å²) in [5.74, 6) is -2.00. The van der Waals surface area contributed by atoms with E-state index >= 15 is 0 Å². The van der Waals surface area contributed by atoms with Crippen molar-refractivity contribution in [2.45, 2.75) is 46.1 Å². The molecule has 0 aliphatic heterocycles. The van der Waals surface area contributed by atoms with Crippen LogP contribution in [0.3, 0.4) is 0 Å². The van der Waals surface area contributed by atoms with E-state index in [0.717, 1.165) is 22.3 Å². The molecule has 0 bridgehead atoms. The van der Waals surface area contributed by atoms with Gasteiger partial charge in [-0.25, -0.2) is 9.59 Å². The highest BCUT2D eigenvalue weighted by atomic mass is 17.0. The number of imidazole rings is 1. The lowest BCUT2D eigenvalue weighted by Gasteiger charge is -2.24. The van der Waals surface area contributed by atoms with Gasteiger partial charge in [0, 0.05) is 19.4 Å². The second kappa shape index (κ2) is 15.9. The number of benzene rings is 3. The van der Waals surface area contributed by atoms with Crippen molar-refractivity contribution in [3.8, 4) is 28.5 Å². The third-order valence-electron chi connectivity index (χ3n) is 7.08. The number of H-pyrrole nitrogens is 1. The van der Waals surface area contributed by atoms with Gasteiger partial charge in [-0.2, -0.15) is 10.2 Å². The number of para-hydroxylation sites is 1. The maximum absolute atomic E-state index is 13.6. The molecule has 50 heavy (non-hydrogen) atoms. The van der Waals surface area contributed by atoms with Gasteiger partial charge < -0.3 is 28.5 Å². The summed E-state index contributed by atoms with van der Waals surface area (Å²) in [7, 11) is 0. The number of nitrogens with one attached hydrogen (secondary N) is 1. The van der Waals surface area contributed by atoms with E-state index in [0.29, 0.717) is 36.0 Å². The Morgan fingerprint density at radius 3 is 2.46 bits per heavy atom. The minimum Gasteiger partial charge on any atom is -0.465 e. The number of rotatable bonds is 16. The molecule has 0 fully saturated rings. The number of hydrogen-bond donors (Lipinski definition) is 1. The van der Waals surface area contributed by atoms with Crippen molar-refractivity contribution in [2.75, 3.05) is 26.4 Å². The van der Waals surface area contributed by atoms with E-state index in [1.165, 1.54) is 20.8 Å². The summed E-state index contributed by atoms with van der Waals surface area (Å²) >= 11 is 0. The third-order valence-corrected chi connectivity index (χ3v) is 7.08. The Hall–Kier alpha value is -6.10. The number of tetrazole rings is 1. The number of aromatic nitrogens is 6. The molecule has 262 valence electrons. The maximum atomic E-state index is 13.6. The van der Waals surface area contributed by atoms with Gasteiger partial charge in [0.15, 0.2) is 0 Å². The zero-order valence-electron chi connectivity index (χ0n) is 27.7. The molecule has 2 aromatic heterocycles. The highest BCUT2D eigenvalue weighted by Crippen LogP contribution is 2.31. The second-order valence-electron chi connectivity index (χ2n) is 11.3. The van der Waals surface area contributed by atoms with Crippen LogP contribution in [-0.2, 0) is 30.3 Å². The molecular weight excluding hydrogens is 654 g/mol. The van der Waals surface area contributed by atoms with Gasteiger partial charge in [0.05, 0.1) is 43.0 Å². The first-order chi connectivity index (χ1) is 24.0. The van der Waals surface area contributed by atoms with Crippen LogP contribution in [0.2, 0.25) is 0 Å². The number of fused-ring (bicyclic) bond motifs is 1. The summed E-state index contributed by atoms with van der Waals surface area (Å²) in [5, 5.41) is 23.8. The standard InChI is InChI=1S/C33H35N7O10/c1-5-46-31-34-27-12-8-11-26(30(41)48-33(3,4)49-32(42)47-18-17-45-20-21(2)50-40(43)44)28(27)39(31)19-22-13-15-23(16-14-22)24-9-6-7-10-25(24)29-35-37-38-36-29/h6-16,21H,5,17-20H2,1-4H3,(H,35,36,37,38)/t21-/m1/s1. The average Bonchev–Trinajstić information content (AvgIpc) is 3.73. The number of aromatic amines is 1. The Balaban J connectivity index is 1.29. The first-order valence-corrected chi connectivity index (χ1v) is 15.6. The molecule has 17 nitrogen and oxygen atoms in total. The lowest BCUT2D eigenvalue weighted by molar-refractivity contribution is -0.768. The third kappa shape index (κ3) is 8.87. The van der Waals surface area contributed by atoms with Gasteiger partial charge in [0.1, 0.15) is 12.7 Å². The molecule has 2 heterocycles. The predicted molar refractivity (Wildman–Crippen MR) is 175 cm³/mol. The van der Waals surface area contributed by atoms with Gasteiger partial charge in [-0.3, -0.25) is 4.57 Å². The van der Waals surface area contributed by atoms with Crippen molar-refractivity contribution in [3.63, 3.8) is 0 Å².